The summed E-state index contributed by atoms with van der Waals surface area (Å²) < 4.78 is 29.0. The second-order valence-corrected chi connectivity index (χ2v) is 3.68. The lowest BCUT2D eigenvalue weighted by Crippen LogP contribution is -2.33. The smallest absolute Gasteiger partial charge is 0.315 e. The summed E-state index contributed by atoms with van der Waals surface area (Å²) in [5.74, 6) is 0. The van der Waals surface area contributed by atoms with Gasteiger partial charge in [-0.1, -0.05) is 13.3 Å². The van der Waals surface area contributed by atoms with Crippen molar-refractivity contribution in [3.05, 3.63) is 12.4 Å². The lowest BCUT2D eigenvalue weighted by molar-refractivity contribution is -0.699. The summed E-state index contributed by atoms with van der Waals surface area (Å²) in [6, 6.07) is 0.356. The first kappa shape index (κ1) is 11.0. The van der Waals surface area contributed by atoms with Crippen LogP contribution in [0.4, 0.5) is 0 Å². The van der Waals surface area contributed by atoms with Gasteiger partial charge < -0.3 is 4.52 Å². The quantitative estimate of drug-likeness (QED) is 0.555. The van der Waals surface area contributed by atoms with Crippen molar-refractivity contribution < 1.29 is 18.2 Å². The molecule has 14 heavy (non-hydrogen) atoms. The summed E-state index contributed by atoms with van der Waals surface area (Å²) in [5, 5.41) is 0. The van der Waals surface area contributed by atoms with Gasteiger partial charge in [0.1, 0.15) is 12.4 Å². The molecule has 0 aliphatic rings. The highest BCUT2D eigenvalue weighted by Gasteiger charge is 2.17. The minimum Gasteiger partial charge on any atom is -0.315 e. The van der Waals surface area contributed by atoms with Crippen molar-refractivity contribution in [2.45, 2.75) is 26.3 Å². The second kappa shape index (κ2) is 4.96. The molecule has 0 bridgehead atoms. The molecular weight excluding hydrogens is 203 g/mol. The third kappa shape index (κ3) is 2.70. The van der Waals surface area contributed by atoms with Gasteiger partial charge in [-0.15, -0.1) is 0 Å². The monoisotopic (exact) mass is 217 g/mol. The van der Waals surface area contributed by atoms with E-state index in [2.05, 4.69) is 6.92 Å². The number of hydrogen-bond donors (Lipinski definition) is 0. The molecule has 0 N–H and O–H groups in total. The summed E-state index contributed by atoms with van der Waals surface area (Å²) in [5.41, 5.74) is 0. The zero-order chi connectivity index (χ0) is 10.6. The molecule has 5 nitrogen and oxygen atoms in total. The third-order valence-electron chi connectivity index (χ3n) is 1.93. The van der Waals surface area contributed by atoms with Gasteiger partial charge in [-0.25, -0.2) is 0 Å². The van der Waals surface area contributed by atoms with E-state index in [-0.39, 0.29) is 0 Å². The van der Waals surface area contributed by atoms with Crippen molar-refractivity contribution in [1.82, 2.24) is 4.57 Å². The lowest BCUT2D eigenvalue weighted by Gasteiger charge is -1.97. The highest BCUT2D eigenvalue weighted by molar-refractivity contribution is 7.25. The Morgan fingerprint density at radius 1 is 1.57 bits per heavy atom. The standard InChI is InChI=1S/C8H14N2O3P/c1-3-4-5-10-7-6-9(2)8(10)13-14(11)12/h6-7H,3-5H2,1-2H3/q+1. The van der Waals surface area contributed by atoms with Crippen LogP contribution in [-0.4, -0.2) is 4.57 Å². The van der Waals surface area contributed by atoms with Crippen LogP contribution in [0.3, 0.4) is 0 Å². The molecule has 0 spiro atoms. The molecule has 0 aliphatic carbocycles. The van der Waals surface area contributed by atoms with Crippen molar-refractivity contribution in [3.63, 3.8) is 0 Å². The van der Waals surface area contributed by atoms with E-state index in [0.29, 0.717) is 6.01 Å². The molecular formula is C8H14N2O3P+. The van der Waals surface area contributed by atoms with Gasteiger partial charge in [0.2, 0.25) is 0 Å². The maximum Gasteiger partial charge on any atom is 0.534 e. The van der Waals surface area contributed by atoms with E-state index in [1.807, 2.05) is 6.20 Å². The average Bonchev–Trinajstić information content (AvgIpc) is 2.45. The normalized spacial score (nSPS) is 10.1. The number of aromatic nitrogens is 2. The first-order chi connectivity index (χ1) is 6.65. The van der Waals surface area contributed by atoms with E-state index in [1.165, 1.54) is 0 Å². The molecule has 0 saturated heterocycles. The van der Waals surface area contributed by atoms with Gasteiger partial charge in [-0.05, 0) is 6.42 Å². The molecule has 0 saturated carbocycles. The first-order valence-corrected chi connectivity index (χ1v) is 5.61. The van der Waals surface area contributed by atoms with Crippen molar-refractivity contribution in [2.24, 2.45) is 7.05 Å². The average molecular weight is 217 g/mol. The number of aryl methyl sites for hydroxylation is 2. The van der Waals surface area contributed by atoms with E-state index in [4.69, 9.17) is 4.52 Å². The largest absolute Gasteiger partial charge is 0.534 e. The van der Waals surface area contributed by atoms with Gasteiger partial charge >= 0.3 is 13.9 Å². The molecule has 0 aliphatic heterocycles. The predicted octanol–water partition coefficient (Wildman–Crippen LogP) is 1.58. The summed E-state index contributed by atoms with van der Waals surface area (Å²) in [6.07, 6.45) is 5.64. The Bertz CT molecular complexity index is 363. The Balaban J connectivity index is 2.82. The molecule has 6 heteroatoms. The second-order valence-electron chi connectivity index (χ2n) is 3.05. The van der Waals surface area contributed by atoms with Crippen molar-refractivity contribution >= 4 is 7.91 Å². The molecule has 1 aromatic rings. The van der Waals surface area contributed by atoms with Crippen LogP contribution in [0.1, 0.15) is 19.8 Å². The van der Waals surface area contributed by atoms with Gasteiger partial charge in [0, 0.05) is 0 Å². The lowest BCUT2D eigenvalue weighted by atomic mass is 10.3. The molecule has 0 radical (unpaired) electrons. The number of rotatable bonds is 5. The third-order valence-corrected chi connectivity index (χ3v) is 2.24. The van der Waals surface area contributed by atoms with E-state index >= 15 is 0 Å². The summed E-state index contributed by atoms with van der Waals surface area (Å²) >= 11 is 0. The number of unbranched alkanes of at least 4 members (excludes halogenated alkanes) is 1. The van der Waals surface area contributed by atoms with E-state index in [0.717, 1.165) is 19.4 Å². The van der Waals surface area contributed by atoms with E-state index in [1.54, 1.807) is 22.4 Å². The minimum atomic E-state index is -2.84. The fourth-order valence-electron chi connectivity index (χ4n) is 1.19. The Hall–Kier alpha value is -1.09. The van der Waals surface area contributed by atoms with Crippen molar-refractivity contribution in [1.29, 1.82) is 0 Å². The fraction of sp³-hybridized carbons (Fsp3) is 0.625. The van der Waals surface area contributed by atoms with Gasteiger partial charge in [0.15, 0.2) is 0 Å². The van der Waals surface area contributed by atoms with Crippen LogP contribution in [-0.2, 0) is 22.7 Å². The molecule has 0 atom stereocenters. The molecule has 78 valence electrons. The number of hydrogen-bond acceptors (Lipinski definition) is 3. The minimum absolute atomic E-state index is 0.356. The summed E-state index contributed by atoms with van der Waals surface area (Å²) in [6.45, 7) is 2.86. The topological polar surface area (TPSA) is 52.2 Å². The highest BCUT2D eigenvalue weighted by Crippen LogP contribution is 2.13. The fourth-order valence-corrected chi connectivity index (χ4v) is 1.56. The Morgan fingerprint density at radius 3 is 2.86 bits per heavy atom. The predicted molar refractivity (Wildman–Crippen MR) is 49.4 cm³/mol. The molecule has 1 aromatic heterocycles. The van der Waals surface area contributed by atoms with Crippen LogP contribution in [0.5, 0.6) is 6.01 Å². The van der Waals surface area contributed by atoms with Gasteiger partial charge in [-0.2, -0.15) is 18.3 Å². The zero-order valence-corrected chi connectivity index (χ0v) is 9.24. The Morgan fingerprint density at radius 2 is 2.29 bits per heavy atom. The van der Waals surface area contributed by atoms with Crippen molar-refractivity contribution in [3.8, 4) is 6.01 Å². The van der Waals surface area contributed by atoms with E-state index < -0.39 is 7.91 Å². The summed E-state index contributed by atoms with van der Waals surface area (Å²) in [7, 11) is -1.09. The molecule has 0 fully saturated rings. The molecule has 0 aromatic carbocycles. The van der Waals surface area contributed by atoms with E-state index in [9.17, 15) is 9.13 Å². The van der Waals surface area contributed by atoms with Crippen LogP contribution in [0, 0.1) is 0 Å². The Labute approximate surface area is 83.2 Å². The van der Waals surface area contributed by atoms with Crippen LogP contribution in [0.25, 0.3) is 0 Å². The Kier molecular flexibility index (Phi) is 3.89. The molecule has 0 unspecified atom stereocenters. The summed E-state index contributed by atoms with van der Waals surface area (Å²) in [4.78, 5) is 0. The number of imidazole rings is 1. The van der Waals surface area contributed by atoms with Gasteiger partial charge in [0.25, 0.3) is 0 Å². The number of nitrogens with zero attached hydrogens (tertiary/aromatic N) is 2. The maximum atomic E-state index is 10.4. The molecule has 0 amide bonds. The van der Waals surface area contributed by atoms with Crippen LogP contribution < -0.4 is 9.09 Å². The van der Waals surface area contributed by atoms with Gasteiger partial charge in [-0.3, -0.25) is 0 Å². The first-order valence-electron chi connectivity index (χ1n) is 4.52. The molecule has 1 rings (SSSR count). The highest BCUT2D eigenvalue weighted by atomic mass is 31.1. The van der Waals surface area contributed by atoms with Crippen LogP contribution in [0.2, 0.25) is 0 Å². The maximum absolute atomic E-state index is 10.4. The van der Waals surface area contributed by atoms with Crippen molar-refractivity contribution in [2.75, 3.05) is 0 Å². The molecule has 1 heterocycles. The van der Waals surface area contributed by atoms with Crippen LogP contribution >= 0.6 is 7.91 Å². The SMILES string of the molecule is CCCC[n+]1ccn(C)c1OP(=O)=O. The van der Waals surface area contributed by atoms with Crippen LogP contribution in [0.15, 0.2) is 12.4 Å². The zero-order valence-electron chi connectivity index (χ0n) is 8.34. The van der Waals surface area contributed by atoms with Gasteiger partial charge in [0.05, 0.1) is 13.6 Å².